The lowest BCUT2D eigenvalue weighted by molar-refractivity contribution is 1.18. The largest absolute Gasteiger partial charge is 0.291 e. The highest BCUT2D eigenvalue weighted by Gasteiger charge is 2.01. The Bertz CT molecular complexity index is 538. The zero-order valence-electron chi connectivity index (χ0n) is 8.91. The molecule has 0 radical (unpaired) electrons. The second kappa shape index (κ2) is 5.62. The predicted octanol–water partition coefficient (Wildman–Crippen LogP) is 2.82. The lowest BCUT2D eigenvalue weighted by Gasteiger charge is -2.04. The van der Waals surface area contributed by atoms with Gasteiger partial charge in [0.2, 0.25) is 0 Å². The zero-order chi connectivity index (χ0) is 12.1. The number of aromatic nitrogens is 2. The van der Waals surface area contributed by atoms with E-state index in [1.165, 1.54) is 0 Å². The number of nitrogens with zero attached hydrogens (tertiary/aromatic N) is 3. The number of thiocarbonyl (C=S) groups is 1. The number of benzene rings is 1. The first-order valence-electron chi connectivity index (χ1n) is 4.94. The van der Waals surface area contributed by atoms with E-state index < -0.39 is 0 Å². The van der Waals surface area contributed by atoms with Crippen LogP contribution in [0.4, 0.5) is 0 Å². The first-order chi connectivity index (χ1) is 8.29. The minimum atomic E-state index is 0.677. The monoisotopic (exact) mass is 259 g/mol. The average molecular weight is 259 g/mol. The highest BCUT2D eigenvalue weighted by molar-refractivity contribution is 8.22. The summed E-state index contributed by atoms with van der Waals surface area (Å²) in [5.41, 5.74) is 1.83. The lowest BCUT2D eigenvalue weighted by atomic mass is 10.2. The Morgan fingerprint density at radius 3 is 2.76 bits per heavy atom. The van der Waals surface area contributed by atoms with Gasteiger partial charge in [-0.15, -0.1) is 0 Å². The second-order valence-electron chi connectivity index (χ2n) is 3.33. The minimum Gasteiger partial charge on any atom is -0.291 e. The summed E-state index contributed by atoms with van der Waals surface area (Å²) < 4.78 is 2.58. The van der Waals surface area contributed by atoms with Crippen molar-refractivity contribution in [2.75, 3.05) is 0 Å². The molecule has 0 saturated carbocycles. The van der Waals surface area contributed by atoms with E-state index in [1.807, 2.05) is 35.0 Å². The maximum absolute atomic E-state index is 8.69. The highest BCUT2D eigenvalue weighted by Crippen LogP contribution is 2.15. The van der Waals surface area contributed by atoms with Crippen molar-refractivity contribution in [2.45, 2.75) is 5.75 Å². The smallest absolute Gasteiger partial charge is 0.146 e. The van der Waals surface area contributed by atoms with E-state index in [9.17, 15) is 0 Å². The van der Waals surface area contributed by atoms with Gasteiger partial charge in [-0.25, -0.2) is 4.98 Å². The molecule has 0 fully saturated rings. The third kappa shape index (κ3) is 3.16. The predicted molar refractivity (Wildman–Crippen MR) is 72.7 cm³/mol. The van der Waals surface area contributed by atoms with Gasteiger partial charge in [-0.3, -0.25) is 4.57 Å². The molecule has 0 saturated heterocycles. The molecule has 0 amide bonds. The van der Waals surface area contributed by atoms with Gasteiger partial charge in [-0.2, -0.15) is 5.26 Å². The van der Waals surface area contributed by atoms with Crippen LogP contribution in [0.5, 0.6) is 0 Å². The van der Waals surface area contributed by atoms with E-state index in [1.54, 1.807) is 24.3 Å². The van der Waals surface area contributed by atoms with Crippen molar-refractivity contribution < 1.29 is 0 Å². The Morgan fingerprint density at radius 2 is 2.18 bits per heavy atom. The van der Waals surface area contributed by atoms with E-state index >= 15 is 0 Å². The van der Waals surface area contributed by atoms with E-state index in [2.05, 4.69) is 11.1 Å². The van der Waals surface area contributed by atoms with Crippen LogP contribution in [0, 0.1) is 11.3 Å². The fraction of sp³-hybridized carbons (Fsp3) is 0.0833. The van der Waals surface area contributed by atoms with Crippen LogP contribution in [0.3, 0.4) is 0 Å². The number of nitriles is 1. The maximum atomic E-state index is 8.69. The van der Waals surface area contributed by atoms with Crippen molar-refractivity contribution in [1.82, 2.24) is 9.55 Å². The van der Waals surface area contributed by atoms with E-state index in [-0.39, 0.29) is 0 Å². The van der Waals surface area contributed by atoms with Crippen LogP contribution >= 0.6 is 24.0 Å². The highest BCUT2D eigenvalue weighted by atomic mass is 32.2. The zero-order valence-corrected chi connectivity index (χ0v) is 10.5. The molecule has 1 aromatic heterocycles. The van der Waals surface area contributed by atoms with Crippen molar-refractivity contribution in [2.24, 2.45) is 0 Å². The Labute approximate surface area is 109 Å². The van der Waals surface area contributed by atoms with Gasteiger partial charge in [-0.05, 0) is 17.7 Å². The molecule has 5 heteroatoms. The molecule has 0 N–H and O–H groups in total. The van der Waals surface area contributed by atoms with Crippen molar-refractivity contribution >= 4 is 28.3 Å². The summed E-state index contributed by atoms with van der Waals surface area (Å²) in [6, 6.07) is 9.62. The Kier molecular flexibility index (Phi) is 3.91. The number of thioether (sulfide) groups is 1. The van der Waals surface area contributed by atoms with Gasteiger partial charge in [0.15, 0.2) is 0 Å². The maximum Gasteiger partial charge on any atom is 0.146 e. The third-order valence-corrected chi connectivity index (χ3v) is 3.66. The van der Waals surface area contributed by atoms with Crippen LogP contribution in [-0.4, -0.2) is 13.9 Å². The van der Waals surface area contributed by atoms with E-state index in [4.69, 9.17) is 17.5 Å². The van der Waals surface area contributed by atoms with Gasteiger partial charge >= 0.3 is 0 Å². The summed E-state index contributed by atoms with van der Waals surface area (Å²) in [5, 5.41) is 8.69. The second-order valence-corrected chi connectivity index (χ2v) is 4.94. The first-order valence-corrected chi connectivity index (χ1v) is 6.33. The summed E-state index contributed by atoms with van der Waals surface area (Å²) in [4.78, 5) is 3.95. The molecule has 2 aromatic rings. The summed E-state index contributed by atoms with van der Waals surface area (Å²) in [7, 11) is 0. The third-order valence-electron chi connectivity index (χ3n) is 2.16. The Morgan fingerprint density at radius 1 is 1.41 bits per heavy atom. The minimum absolute atomic E-state index is 0.677. The van der Waals surface area contributed by atoms with Crippen molar-refractivity contribution in [3.63, 3.8) is 0 Å². The van der Waals surface area contributed by atoms with E-state index in [0.717, 1.165) is 15.6 Å². The number of hydrogen-bond donors (Lipinski definition) is 0. The van der Waals surface area contributed by atoms with Gasteiger partial charge < -0.3 is 0 Å². The summed E-state index contributed by atoms with van der Waals surface area (Å²) in [6.45, 7) is 0. The molecule has 1 heterocycles. The summed E-state index contributed by atoms with van der Waals surface area (Å²) in [6.07, 6.45) is 5.22. The van der Waals surface area contributed by atoms with Crippen LogP contribution in [0.2, 0.25) is 0 Å². The first kappa shape index (κ1) is 11.8. The molecule has 0 unspecified atom stereocenters. The van der Waals surface area contributed by atoms with Crippen LogP contribution in [0.25, 0.3) is 0 Å². The molecule has 17 heavy (non-hydrogen) atoms. The van der Waals surface area contributed by atoms with E-state index in [0.29, 0.717) is 5.56 Å². The molecular weight excluding hydrogens is 250 g/mol. The molecule has 84 valence electrons. The molecule has 3 nitrogen and oxygen atoms in total. The van der Waals surface area contributed by atoms with Gasteiger partial charge in [-0.1, -0.05) is 36.1 Å². The molecule has 0 aliphatic rings. The normalized spacial score (nSPS) is 9.82. The van der Waals surface area contributed by atoms with Crippen molar-refractivity contribution in [3.05, 3.63) is 54.1 Å². The average Bonchev–Trinajstić information content (AvgIpc) is 2.90. The van der Waals surface area contributed by atoms with Crippen LogP contribution < -0.4 is 0 Å². The van der Waals surface area contributed by atoms with Gasteiger partial charge in [0.05, 0.1) is 11.6 Å². The molecule has 2 rings (SSSR count). The van der Waals surface area contributed by atoms with Gasteiger partial charge in [0, 0.05) is 18.1 Å². The molecular formula is C12H9N3S2. The number of hydrogen-bond acceptors (Lipinski definition) is 4. The Balaban J connectivity index is 1.94. The molecule has 0 spiro atoms. The topological polar surface area (TPSA) is 41.6 Å². The Hall–Kier alpha value is -1.64. The van der Waals surface area contributed by atoms with Crippen LogP contribution in [0.15, 0.2) is 43.0 Å². The molecule has 0 bridgehead atoms. The van der Waals surface area contributed by atoms with Crippen LogP contribution in [-0.2, 0) is 5.75 Å². The van der Waals surface area contributed by atoms with Crippen molar-refractivity contribution in [3.8, 4) is 6.07 Å². The van der Waals surface area contributed by atoms with Gasteiger partial charge in [0.25, 0.3) is 0 Å². The molecule has 0 aliphatic carbocycles. The van der Waals surface area contributed by atoms with Crippen LogP contribution in [0.1, 0.15) is 11.1 Å². The lowest BCUT2D eigenvalue weighted by Crippen LogP contribution is -2.01. The molecule has 0 atom stereocenters. The molecule has 1 aromatic carbocycles. The fourth-order valence-electron chi connectivity index (χ4n) is 1.26. The fourth-order valence-corrected chi connectivity index (χ4v) is 2.29. The number of imidazole rings is 1. The summed E-state index contributed by atoms with van der Waals surface area (Å²) >= 11 is 6.83. The number of rotatable bonds is 2. The SMILES string of the molecule is N#Cc1ccc(CSC(=S)n2ccnc2)cc1. The van der Waals surface area contributed by atoms with Gasteiger partial charge in [0.1, 0.15) is 10.6 Å². The standard InChI is InChI=1S/C12H9N3S2/c13-7-10-1-3-11(4-2-10)8-17-12(16)15-6-5-14-9-15/h1-6,9H,8H2. The molecule has 0 aliphatic heterocycles. The summed E-state index contributed by atoms with van der Waals surface area (Å²) in [5.74, 6) is 0.794. The quantitative estimate of drug-likeness (QED) is 0.778. The van der Waals surface area contributed by atoms with Crippen molar-refractivity contribution in [1.29, 1.82) is 5.26 Å².